The minimum atomic E-state index is 0.0736. The summed E-state index contributed by atoms with van der Waals surface area (Å²) in [6.45, 7) is 7.19. The van der Waals surface area contributed by atoms with Gasteiger partial charge in [0.15, 0.2) is 5.82 Å². The van der Waals surface area contributed by atoms with Gasteiger partial charge in [-0.05, 0) is 44.2 Å². The van der Waals surface area contributed by atoms with Crippen LogP contribution in [0.4, 0.5) is 0 Å². The zero-order valence-electron chi connectivity index (χ0n) is 17.7. The van der Waals surface area contributed by atoms with Crippen molar-refractivity contribution < 1.29 is 9.47 Å². The monoisotopic (exact) mass is 418 g/mol. The van der Waals surface area contributed by atoms with Gasteiger partial charge in [-0.25, -0.2) is 0 Å². The summed E-state index contributed by atoms with van der Waals surface area (Å²) in [7, 11) is 0. The first kappa shape index (κ1) is 19.7. The molecule has 0 unspecified atom stereocenters. The smallest absolute Gasteiger partial charge is 0.164 e. The maximum Gasteiger partial charge on any atom is 0.164 e. The minimum absolute atomic E-state index is 0.0736. The predicted octanol–water partition coefficient (Wildman–Crippen LogP) is 3.44. The van der Waals surface area contributed by atoms with Crippen LogP contribution in [-0.2, 0) is 4.74 Å². The Kier molecular flexibility index (Phi) is 5.40. The summed E-state index contributed by atoms with van der Waals surface area (Å²) in [4.78, 5) is 0. The van der Waals surface area contributed by atoms with Gasteiger partial charge < -0.3 is 19.4 Å². The molecule has 0 amide bonds. The number of aromatic amines is 1. The molecule has 0 spiro atoms. The highest BCUT2D eigenvalue weighted by Gasteiger charge is 2.16. The second kappa shape index (κ2) is 8.49. The standard InChI is InChI=1S/C23H26N6O2/c1-15(2)29-14-25-28-23(29)17-6-7-21-20(11-17)22(27-26-21)16-4-3-5-18(10-16)31-13-19-12-24-8-9-30-19/h3-7,10-11,14-15,19,24H,8-9,12-13H2,1-2H3,(H,26,27)/t19-/m0/s1. The maximum atomic E-state index is 6.00. The number of benzene rings is 2. The highest BCUT2D eigenvalue weighted by Crippen LogP contribution is 2.32. The molecule has 3 heterocycles. The summed E-state index contributed by atoms with van der Waals surface area (Å²) < 4.78 is 13.8. The van der Waals surface area contributed by atoms with E-state index in [4.69, 9.17) is 9.47 Å². The van der Waals surface area contributed by atoms with E-state index >= 15 is 0 Å². The van der Waals surface area contributed by atoms with E-state index in [0.717, 1.165) is 59.0 Å². The van der Waals surface area contributed by atoms with E-state index in [2.05, 4.69) is 50.2 Å². The van der Waals surface area contributed by atoms with Crippen molar-refractivity contribution >= 4 is 10.9 Å². The normalized spacial score (nSPS) is 16.8. The maximum absolute atomic E-state index is 6.00. The lowest BCUT2D eigenvalue weighted by molar-refractivity contribution is 0.000204. The van der Waals surface area contributed by atoms with Crippen LogP contribution in [0.5, 0.6) is 5.75 Å². The zero-order valence-corrected chi connectivity index (χ0v) is 17.7. The van der Waals surface area contributed by atoms with E-state index in [9.17, 15) is 0 Å². The van der Waals surface area contributed by atoms with Gasteiger partial charge in [0.05, 0.1) is 12.1 Å². The molecular weight excluding hydrogens is 392 g/mol. The number of nitrogens with zero attached hydrogens (tertiary/aromatic N) is 4. The minimum Gasteiger partial charge on any atom is -0.491 e. The molecular formula is C23H26N6O2. The second-order valence-electron chi connectivity index (χ2n) is 8.02. The number of hydrogen-bond acceptors (Lipinski definition) is 6. The molecule has 1 saturated heterocycles. The molecule has 5 rings (SSSR count). The second-order valence-corrected chi connectivity index (χ2v) is 8.02. The van der Waals surface area contributed by atoms with E-state index < -0.39 is 0 Å². The van der Waals surface area contributed by atoms with Crippen molar-refractivity contribution in [2.24, 2.45) is 0 Å². The number of morpholine rings is 1. The Balaban J connectivity index is 1.44. The lowest BCUT2D eigenvalue weighted by Crippen LogP contribution is -2.41. The third kappa shape index (κ3) is 4.04. The van der Waals surface area contributed by atoms with E-state index in [-0.39, 0.29) is 12.1 Å². The Bertz CT molecular complexity index is 1180. The third-order valence-corrected chi connectivity index (χ3v) is 5.50. The molecule has 8 nitrogen and oxygen atoms in total. The van der Waals surface area contributed by atoms with Crippen molar-refractivity contribution in [3.8, 4) is 28.4 Å². The number of H-pyrrole nitrogens is 1. The van der Waals surface area contributed by atoms with Crippen LogP contribution in [0.2, 0.25) is 0 Å². The lowest BCUT2D eigenvalue weighted by atomic mass is 10.0. The largest absolute Gasteiger partial charge is 0.491 e. The van der Waals surface area contributed by atoms with Gasteiger partial charge in [0, 0.05) is 35.6 Å². The van der Waals surface area contributed by atoms with E-state index in [1.54, 1.807) is 6.33 Å². The van der Waals surface area contributed by atoms with Crippen LogP contribution in [0.1, 0.15) is 19.9 Å². The van der Waals surface area contributed by atoms with E-state index in [1.807, 2.05) is 36.4 Å². The number of hydrogen-bond donors (Lipinski definition) is 2. The zero-order chi connectivity index (χ0) is 21.2. The first-order chi connectivity index (χ1) is 15.2. The van der Waals surface area contributed by atoms with Crippen molar-refractivity contribution in [1.29, 1.82) is 0 Å². The molecule has 2 N–H and O–H groups in total. The SMILES string of the molecule is CC(C)n1cnnc1-c1ccc2[nH]nc(-c3cccc(OC[C@@H]4CNCCO4)c3)c2c1. The Labute approximate surface area is 180 Å². The summed E-state index contributed by atoms with van der Waals surface area (Å²) in [5.74, 6) is 1.65. The highest BCUT2D eigenvalue weighted by atomic mass is 16.5. The Morgan fingerprint density at radius 2 is 2.13 bits per heavy atom. The molecule has 1 atom stereocenters. The number of aromatic nitrogens is 5. The van der Waals surface area contributed by atoms with Crippen LogP contribution in [0, 0.1) is 0 Å². The fourth-order valence-electron chi connectivity index (χ4n) is 3.85. The summed E-state index contributed by atoms with van der Waals surface area (Å²) in [6.07, 6.45) is 1.84. The molecule has 160 valence electrons. The average Bonchev–Trinajstić information content (AvgIpc) is 3.45. The summed E-state index contributed by atoms with van der Waals surface area (Å²) in [5, 5.41) is 20.5. The highest BCUT2D eigenvalue weighted by molar-refractivity contribution is 5.95. The van der Waals surface area contributed by atoms with Crippen LogP contribution in [0.25, 0.3) is 33.5 Å². The van der Waals surface area contributed by atoms with Crippen LogP contribution in [0.3, 0.4) is 0 Å². The average molecular weight is 419 g/mol. The van der Waals surface area contributed by atoms with Crippen molar-refractivity contribution in [3.63, 3.8) is 0 Å². The van der Waals surface area contributed by atoms with Gasteiger partial charge in [-0.1, -0.05) is 12.1 Å². The first-order valence-corrected chi connectivity index (χ1v) is 10.6. The molecule has 1 fully saturated rings. The van der Waals surface area contributed by atoms with Gasteiger partial charge in [0.25, 0.3) is 0 Å². The molecule has 31 heavy (non-hydrogen) atoms. The lowest BCUT2D eigenvalue weighted by Gasteiger charge is -2.23. The van der Waals surface area contributed by atoms with Gasteiger partial charge in [0.2, 0.25) is 0 Å². The number of rotatable bonds is 6. The molecule has 4 aromatic rings. The molecule has 1 aliphatic rings. The summed E-state index contributed by atoms with van der Waals surface area (Å²) in [5.41, 5.74) is 3.86. The third-order valence-electron chi connectivity index (χ3n) is 5.50. The molecule has 0 saturated carbocycles. The van der Waals surface area contributed by atoms with E-state index in [0.29, 0.717) is 6.61 Å². The van der Waals surface area contributed by atoms with E-state index in [1.165, 1.54) is 0 Å². The molecule has 0 radical (unpaired) electrons. The van der Waals surface area contributed by atoms with Crippen LogP contribution in [-0.4, -0.2) is 57.4 Å². The molecule has 1 aliphatic heterocycles. The quantitative estimate of drug-likeness (QED) is 0.499. The molecule has 8 heteroatoms. The molecule has 2 aromatic carbocycles. The molecule has 0 bridgehead atoms. The van der Waals surface area contributed by atoms with Crippen LogP contribution < -0.4 is 10.1 Å². The van der Waals surface area contributed by atoms with Gasteiger partial charge in [-0.2, -0.15) is 5.10 Å². The molecule has 2 aromatic heterocycles. The van der Waals surface area contributed by atoms with Gasteiger partial charge in [-0.3, -0.25) is 5.10 Å². The van der Waals surface area contributed by atoms with Crippen LogP contribution >= 0.6 is 0 Å². The number of fused-ring (bicyclic) bond motifs is 1. The van der Waals surface area contributed by atoms with Crippen LogP contribution in [0.15, 0.2) is 48.8 Å². The fourth-order valence-corrected chi connectivity index (χ4v) is 3.85. The summed E-state index contributed by atoms with van der Waals surface area (Å²) in [6, 6.07) is 14.5. The number of ether oxygens (including phenoxy) is 2. The molecule has 0 aliphatic carbocycles. The fraction of sp³-hybridized carbons (Fsp3) is 0.348. The van der Waals surface area contributed by atoms with Crippen molar-refractivity contribution in [2.45, 2.75) is 26.0 Å². The van der Waals surface area contributed by atoms with Crippen molar-refractivity contribution in [1.82, 2.24) is 30.3 Å². The summed E-state index contributed by atoms with van der Waals surface area (Å²) >= 11 is 0. The van der Waals surface area contributed by atoms with Crippen molar-refractivity contribution in [3.05, 3.63) is 48.8 Å². The van der Waals surface area contributed by atoms with Gasteiger partial charge in [-0.15, -0.1) is 10.2 Å². The Morgan fingerprint density at radius 3 is 2.97 bits per heavy atom. The van der Waals surface area contributed by atoms with Gasteiger partial charge in [0.1, 0.15) is 30.5 Å². The Morgan fingerprint density at radius 1 is 1.19 bits per heavy atom. The first-order valence-electron chi connectivity index (χ1n) is 10.6. The Hall–Kier alpha value is -3.23. The number of nitrogens with one attached hydrogen (secondary N) is 2. The van der Waals surface area contributed by atoms with Crippen molar-refractivity contribution in [2.75, 3.05) is 26.3 Å². The topological polar surface area (TPSA) is 89.9 Å². The predicted molar refractivity (Wildman–Crippen MR) is 119 cm³/mol. The van der Waals surface area contributed by atoms with Gasteiger partial charge >= 0.3 is 0 Å².